The van der Waals surface area contributed by atoms with Gasteiger partial charge in [0.05, 0.1) is 17.6 Å². The van der Waals surface area contributed by atoms with E-state index in [2.05, 4.69) is 28.6 Å². The lowest BCUT2D eigenvalue weighted by Gasteiger charge is -2.06. The first-order chi connectivity index (χ1) is 9.54. The third kappa shape index (κ3) is 2.13. The summed E-state index contributed by atoms with van der Waals surface area (Å²) in [7, 11) is 1.99. The molecular formula is C16H17N3O. The van der Waals surface area contributed by atoms with Gasteiger partial charge in [0.1, 0.15) is 5.82 Å². The molecule has 0 amide bonds. The van der Waals surface area contributed by atoms with Gasteiger partial charge in [0.25, 0.3) is 5.56 Å². The molecule has 1 aromatic carbocycles. The topological polar surface area (TPSA) is 39.8 Å². The van der Waals surface area contributed by atoms with Gasteiger partial charge >= 0.3 is 0 Å². The molecule has 0 radical (unpaired) electrons. The van der Waals surface area contributed by atoms with E-state index < -0.39 is 0 Å². The van der Waals surface area contributed by atoms with Crippen molar-refractivity contribution in [2.45, 2.75) is 20.4 Å². The Balaban J connectivity index is 2.07. The minimum atomic E-state index is 0.00763. The fraction of sp³-hybridized carbons (Fsp3) is 0.250. The Morgan fingerprint density at radius 2 is 1.85 bits per heavy atom. The SMILES string of the molecule is Cc1ccn(Cc2nc3ccc(C)cc3n2C)c(=O)c1. The second kappa shape index (κ2) is 4.63. The van der Waals surface area contributed by atoms with Crippen molar-refractivity contribution in [2.24, 2.45) is 7.05 Å². The predicted octanol–water partition coefficient (Wildman–Crippen LogP) is 2.40. The summed E-state index contributed by atoms with van der Waals surface area (Å²) in [5, 5.41) is 0. The monoisotopic (exact) mass is 267 g/mol. The fourth-order valence-corrected chi connectivity index (χ4v) is 2.38. The number of aromatic nitrogens is 3. The van der Waals surface area contributed by atoms with Gasteiger partial charge in [-0.15, -0.1) is 0 Å². The summed E-state index contributed by atoms with van der Waals surface area (Å²) < 4.78 is 3.73. The van der Waals surface area contributed by atoms with Crippen LogP contribution in [0, 0.1) is 13.8 Å². The van der Waals surface area contributed by atoms with E-state index in [0.717, 1.165) is 22.4 Å². The van der Waals surface area contributed by atoms with E-state index in [-0.39, 0.29) is 5.56 Å². The standard InChI is InChI=1S/C16H17N3O/c1-11-4-5-13-14(8-11)18(3)15(17-13)10-19-7-6-12(2)9-16(19)20/h4-9H,10H2,1-3H3. The van der Waals surface area contributed by atoms with Crippen molar-refractivity contribution in [2.75, 3.05) is 0 Å². The van der Waals surface area contributed by atoms with Gasteiger partial charge in [-0.3, -0.25) is 4.79 Å². The van der Waals surface area contributed by atoms with Crippen LogP contribution in [0.15, 0.2) is 41.3 Å². The van der Waals surface area contributed by atoms with Crippen molar-refractivity contribution in [3.63, 3.8) is 0 Å². The first-order valence-electron chi connectivity index (χ1n) is 6.63. The molecule has 0 N–H and O–H groups in total. The molecule has 0 atom stereocenters. The second-order valence-electron chi connectivity index (χ2n) is 5.25. The van der Waals surface area contributed by atoms with E-state index in [9.17, 15) is 4.79 Å². The van der Waals surface area contributed by atoms with Crippen LogP contribution in [0.1, 0.15) is 17.0 Å². The largest absolute Gasteiger partial charge is 0.330 e. The van der Waals surface area contributed by atoms with Crippen LogP contribution in [0.3, 0.4) is 0 Å². The van der Waals surface area contributed by atoms with Gasteiger partial charge in [0, 0.05) is 19.3 Å². The quantitative estimate of drug-likeness (QED) is 0.715. The summed E-state index contributed by atoms with van der Waals surface area (Å²) in [6, 6.07) is 9.77. The molecule has 20 heavy (non-hydrogen) atoms. The molecule has 0 bridgehead atoms. The van der Waals surface area contributed by atoms with Gasteiger partial charge in [-0.1, -0.05) is 6.07 Å². The molecule has 0 unspecified atom stereocenters. The van der Waals surface area contributed by atoms with Crippen LogP contribution < -0.4 is 5.56 Å². The van der Waals surface area contributed by atoms with Crippen LogP contribution >= 0.6 is 0 Å². The van der Waals surface area contributed by atoms with Crippen molar-refractivity contribution < 1.29 is 0 Å². The molecule has 0 aliphatic heterocycles. The fourth-order valence-electron chi connectivity index (χ4n) is 2.38. The predicted molar refractivity (Wildman–Crippen MR) is 80.0 cm³/mol. The van der Waals surface area contributed by atoms with Crippen LogP contribution in [0.2, 0.25) is 0 Å². The number of rotatable bonds is 2. The van der Waals surface area contributed by atoms with Crippen LogP contribution in [0.4, 0.5) is 0 Å². The third-order valence-electron chi connectivity index (χ3n) is 3.59. The zero-order valence-electron chi connectivity index (χ0n) is 11.9. The molecule has 2 aromatic heterocycles. The molecule has 0 spiro atoms. The van der Waals surface area contributed by atoms with Gasteiger partial charge in [-0.2, -0.15) is 0 Å². The smallest absolute Gasteiger partial charge is 0.251 e. The Labute approximate surface area is 117 Å². The summed E-state index contributed by atoms with van der Waals surface area (Å²) in [5.41, 5.74) is 4.26. The summed E-state index contributed by atoms with van der Waals surface area (Å²) in [6.07, 6.45) is 1.82. The van der Waals surface area contributed by atoms with Gasteiger partial charge in [0.15, 0.2) is 0 Å². The third-order valence-corrected chi connectivity index (χ3v) is 3.59. The summed E-state index contributed by atoms with van der Waals surface area (Å²) in [5.74, 6) is 0.886. The van der Waals surface area contributed by atoms with Gasteiger partial charge in [-0.05, 0) is 43.2 Å². The van der Waals surface area contributed by atoms with Crippen LogP contribution in [-0.2, 0) is 13.6 Å². The normalized spacial score (nSPS) is 11.2. The summed E-state index contributed by atoms with van der Waals surface area (Å²) >= 11 is 0. The average Bonchev–Trinajstić information content (AvgIpc) is 2.70. The minimum absolute atomic E-state index is 0.00763. The van der Waals surface area contributed by atoms with Gasteiger partial charge < -0.3 is 9.13 Å². The molecular weight excluding hydrogens is 250 g/mol. The Morgan fingerprint density at radius 3 is 2.60 bits per heavy atom. The maximum absolute atomic E-state index is 12.0. The highest BCUT2D eigenvalue weighted by molar-refractivity contribution is 5.76. The van der Waals surface area contributed by atoms with Crippen molar-refractivity contribution >= 4 is 11.0 Å². The minimum Gasteiger partial charge on any atom is -0.330 e. The van der Waals surface area contributed by atoms with Crippen molar-refractivity contribution in [3.05, 3.63) is 63.8 Å². The number of hydrogen-bond donors (Lipinski definition) is 0. The molecule has 3 rings (SSSR count). The lowest BCUT2D eigenvalue weighted by Crippen LogP contribution is -2.20. The number of nitrogens with zero attached hydrogens (tertiary/aromatic N) is 3. The van der Waals surface area contributed by atoms with Crippen molar-refractivity contribution in [3.8, 4) is 0 Å². The molecule has 0 fully saturated rings. The van der Waals surface area contributed by atoms with Crippen molar-refractivity contribution in [1.29, 1.82) is 0 Å². The summed E-state index contributed by atoms with van der Waals surface area (Å²) in [4.78, 5) is 16.6. The summed E-state index contributed by atoms with van der Waals surface area (Å²) in [6.45, 7) is 4.48. The molecule has 0 aliphatic rings. The molecule has 0 aliphatic carbocycles. The first kappa shape index (κ1) is 12.7. The van der Waals surface area contributed by atoms with E-state index in [1.54, 1.807) is 10.6 Å². The molecule has 102 valence electrons. The molecule has 0 saturated carbocycles. The number of hydrogen-bond acceptors (Lipinski definition) is 2. The Morgan fingerprint density at radius 1 is 1.10 bits per heavy atom. The molecule has 2 heterocycles. The van der Waals surface area contributed by atoms with Crippen LogP contribution in [0.5, 0.6) is 0 Å². The van der Waals surface area contributed by atoms with Crippen LogP contribution in [0.25, 0.3) is 11.0 Å². The maximum atomic E-state index is 12.0. The first-order valence-corrected chi connectivity index (χ1v) is 6.63. The molecule has 4 nitrogen and oxygen atoms in total. The van der Waals surface area contributed by atoms with E-state index >= 15 is 0 Å². The zero-order chi connectivity index (χ0) is 14.3. The number of imidazole rings is 1. The Kier molecular flexibility index (Phi) is 2.93. The van der Waals surface area contributed by atoms with Gasteiger partial charge in [0.2, 0.25) is 0 Å². The van der Waals surface area contributed by atoms with E-state index in [4.69, 9.17) is 0 Å². The molecule has 4 heteroatoms. The number of benzene rings is 1. The number of fused-ring (bicyclic) bond motifs is 1. The maximum Gasteiger partial charge on any atom is 0.251 e. The van der Waals surface area contributed by atoms with Gasteiger partial charge in [-0.25, -0.2) is 4.98 Å². The molecule has 3 aromatic rings. The lowest BCUT2D eigenvalue weighted by molar-refractivity contribution is 0.684. The van der Waals surface area contributed by atoms with E-state index in [1.165, 1.54) is 5.56 Å². The van der Waals surface area contributed by atoms with E-state index in [0.29, 0.717) is 6.54 Å². The average molecular weight is 267 g/mol. The number of pyridine rings is 1. The highest BCUT2D eigenvalue weighted by atomic mass is 16.1. The lowest BCUT2D eigenvalue weighted by atomic mass is 10.2. The Bertz CT molecular complexity index is 843. The molecule has 0 saturated heterocycles. The number of aryl methyl sites for hydroxylation is 3. The Hall–Kier alpha value is -2.36. The zero-order valence-corrected chi connectivity index (χ0v) is 11.9. The highest BCUT2D eigenvalue weighted by Gasteiger charge is 2.09. The van der Waals surface area contributed by atoms with Crippen molar-refractivity contribution in [1.82, 2.24) is 14.1 Å². The highest BCUT2D eigenvalue weighted by Crippen LogP contribution is 2.16. The van der Waals surface area contributed by atoms with E-state index in [1.807, 2.05) is 32.3 Å². The second-order valence-corrected chi connectivity index (χ2v) is 5.25. The van der Waals surface area contributed by atoms with Crippen LogP contribution in [-0.4, -0.2) is 14.1 Å².